The summed E-state index contributed by atoms with van der Waals surface area (Å²) in [5.41, 5.74) is 0. The zero-order valence-electron chi connectivity index (χ0n) is 7.97. The van der Waals surface area contributed by atoms with Crippen LogP contribution in [0.1, 0.15) is 27.1 Å². The summed E-state index contributed by atoms with van der Waals surface area (Å²) in [4.78, 5) is 22.2. The molecule has 2 N–H and O–H groups in total. The molecule has 15 heavy (non-hydrogen) atoms. The van der Waals surface area contributed by atoms with Crippen molar-refractivity contribution in [1.82, 2.24) is 0 Å². The molecule has 1 heterocycles. The van der Waals surface area contributed by atoms with E-state index in [0.29, 0.717) is 9.75 Å². The first-order valence-corrected chi connectivity index (χ1v) is 4.94. The van der Waals surface area contributed by atoms with Crippen LogP contribution in [0.4, 0.5) is 0 Å². The molecule has 1 aromatic heterocycles. The van der Waals surface area contributed by atoms with Gasteiger partial charge >= 0.3 is 11.9 Å². The molecule has 0 amide bonds. The molecule has 1 rings (SSSR count). The van der Waals surface area contributed by atoms with Crippen molar-refractivity contribution < 1.29 is 24.5 Å². The van der Waals surface area contributed by atoms with Crippen molar-refractivity contribution in [2.75, 3.05) is 7.11 Å². The summed E-state index contributed by atoms with van der Waals surface area (Å²) in [7, 11) is 1.26. The first-order valence-electron chi connectivity index (χ1n) is 4.12. The van der Waals surface area contributed by atoms with Gasteiger partial charge in [-0.15, -0.1) is 11.3 Å². The van der Waals surface area contributed by atoms with Crippen LogP contribution < -0.4 is 0 Å². The van der Waals surface area contributed by atoms with Crippen LogP contribution in [0.15, 0.2) is 12.1 Å². The fraction of sp³-hybridized carbons (Fsp3) is 0.333. The molecule has 0 unspecified atom stereocenters. The van der Waals surface area contributed by atoms with Gasteiger partial charge in [0.25, 0.3) is 0 Å². The van der Waals surface area contributed by atoms with Crippen molar-refractivity contribution in [3.05, 3.63) is 21.9 Å². The van der Waals surface area contributed by atoms with E-state index in [9.17, 15) is 14.7 Å². The standard InChI is InChI=1S/C9H10O5S/c1-14-9(13)7-3-2-6(15-7)5(10)4-8(11)12/h2-3,5,10H,4H2,1H3,(H,11,12)/t5-/m1/s1. The highest BCUT2D eigenvalue weighted by Gasteiger charge is 2.16. The molecule has 0 bridgehead atoms. The lowest BCUT2D eigenvalue weighted by Crippen LogP contribution is -2.03. The van der Waals surface area contributed by atoms with E-state index < -0.39 is 18.0 Å². The van der Waals surface area contributed by atoms with E-state index in [-0.39, 0.29) is 6.42 Å². The second kappa shape index (κ2) is 4.90. The number of ether oxygens (including phenoxy) is 1. The van der Waals surface area contributed by atoms with Crippen LogP contribution in [0.5, 0.6) is 0 Å². The fourth-order valence-electron chi connectivity index (χ4n) is 1.01. The van der Waals surface area contributed by atoms with E-state index in [1.807, 2.05) is 0 Å². The van der Waals surface area contributed by atoms with Crippen molar-refractivity contribution in [1.29, 1.82) is 0 Å². The van der Waals surface area contributed by atoms with Crippen LogP contribution in [0.25, 0.3) is 0 Å². The molecule has 0 fully saturated rings. The zero-order chi connectivity index (χ0) is 11.4. The minimum Gasteiger partial charge on any atom is -0.481 e. The number of rotatable bonds is 4. The summed E-state index contributed by atoms with van der Waals surface area (Å²) in [5.74, 6) is -1.58. The van der Waals surface area contributed by atoms with Crippen molar-refractivity contribution in [2.45, 2.75) is 12.5 Å². The van der Waals surface area contributed by atoms with Gasteiger partial charge < -0.3 is 14.9 Å². The van der Waals surface area contributed by atoms with Crippen LogP contribution >= 0.6 is 11.3 Å². The van der Waals surface area contributed by atoms with Gasteiger partial charge in [-0.1, -0.05) is 0 Å². The van der Waals surface area contributed by atoms with E-state index in [1.165, 1.54) is 19.2 Å². The number of aliphatic carboxylic acids is 1. The monoisotopic (exact) mass is 230 g/mol. The molecule has 1 aromatic rings. The third-order valence-corrected chi connectivity index (χ3v) is 2.88. The van der Waals surface area contributed by atoms with E-state index in [0.717, 1.165) is 11.3 Å². The lowest BCUT2D eigenvalue weighted by molar-refractivity contribution is -0.139. The maximum absolute atomic E-state index is 11.1. The number of carbonyl (C=O) groups is 2. The van der Waals surface area contributed by atoms with Crippen LogP contribution in [0.3, 0.4) is 0 Å². The third-order valence-electron chi connectivity index (χ3n) is 1.71. The molecular formula is C9H10O5S. The predicted molar refractivity (Wildman–Crippen MR) is 52.9 cm³/mol. The second-order valence-electron chi connectivity index (χ2n) is 2.81. The number of aliphatic hydroxyl groups excluding tert-OH is 1. The number of carbonyl (C=O) groups excluding carboxylic acids is 1. The molecule has 0 aliphatic heterocycles. The number of esters is 1. The normalized spacial score (nSPS) is 12.1. The molecular weight excluding hydrogens is 220 g/mol. The molecule has 6 heteroatoms. The molecule has 82 valence electrons. The lowest BCUT2D eigenvalue weighted by atomic mass is 10.2. The summed E-state index contributed by atoms with van der Waals surface area (Å²) in [5, 5.41) is 17.9. The van der Waals surface area contributed by atoms with E-state index in [2.05, 4.69) is 4.74 Å². The summed E-state index contributed by atoms with van der Waals surface area (Å²) in [6, 6.07) is 3.02. The Balaban J connectivity index is 2.75. The van der Waals surface area contributed by atoms with E-state index >= 15 is 0 Å². The second-order valence-corrected chi connectivity index (χ2v) is 3.92. The largest absolute Gasteiger partial charge is 0.481 e. The highest BCUT2D eigenvalue weighted by molar-refractivity contribution is 7.14. The lowest BCUT2D eigenvalue weighted by Gasteiger charge is -2.03. The first-order chi connectivity index (χ1) is 7.04. The molecule has 0 spiro atoms. The summed E-state index contributed by atoms with van der Waals surface area (Å²) >= 11 is 1.03. The topological polar surface area (TPSA) is 83.8 Å². The van der Waals surface area contributed by atoms with E-state index in [1.54, 1.807) is 0 Å². The van der Waals surface area contributed by atoms with Gasteiger partial charge in [-0.05, 0) is 12.1 Å². The smallest absolute Gasteiger partial charge is 0.348 e. The Labute approximate surface area is 89.9 Å². The molecule has 0 radical (unpaired) electrons. The molecule has 0 saturated carbocycles. The maximum atomic E-state index is 11.1. The number of hydrogen-bond donors (Lipinski definition) is 2. The van der Waals surface area contributed by atoms with Crippen molar-refractivity contribution in [3.63, 3.8) is 0 Å². The average Bonchev–Trinajstić information content (AvgIpc) is 2.64. The Morgan fingerprint density at radius 2 is 2.20 bits per heavy atom. The van der Waals surface area contributed by atoms with Crippen molar-refractivity contribution >= 4 is 23.3 Å². The van der Waals surface area contributed by atoms with Crippen LogP contribution in [-0.2, 0) is 9.53 Å². The number of aliphatic hydroxyl groups is 1. The SMILES string of the molecule is COC(=O)c1ccc([C@H](O)CC(=O)O)s1. The maximum Gasteiger partial charge on any atom is 0.348 e. The first kappa shape index (κ1) is 11.7. The van der Waals surface area contributed by atoms with Crippen molar-refractivity contribution in [2.24, 2.45) is 0 Å². The Morgan fingerprint density at radius 1 is 1.53 bits per heavy atom. The third kappa shape index (κ3) is 3.03. The fourth-order valence-corrected chi connectivity index (χ4v) is 1.92. The zero-order valence-corrected chi connectivity index (χ0v) is 8.78. The van der Waals surface area contributed by atoms with Gasteiger partial charge in [-0.2, -0.15) is 0 Å². The quantitative estimate of drug-likeness (QED) is 0.755. The van der Waals surface area contributed by atoms with Crippen LogP contribution in [0, 0.1) is 0 Å². The molecule has 0 aliphatic rings. The molecule has 0 aromatic carbocycles. The molecule has 1 atom stereocenters. The Hall–Kier alpha value is -1.40. The average molecular weight is 230 g/mol. The van der Waals surface area contributed by atoms with Gasteiger partial charge in [-0.3, -0.25) is 4.79 Å². The number of thiophene rings is 1. The van der Waals surface area contributed by atoms with Gasteiger partial charge in [0.05, 0.1) is 19.6 Å². The van der Waals surface area contributed by atoms with Crippen LogP contribution in [0.2, 0.25) is 0 Å². The van der Waals surface area contributed by atoms with Gasteiger partial charge in [-0.25, -0.2) is 4.79 Å². The summed E-state index contributed by atoms with van der Waals surface area (Å²) < 4.78 is 4.48. The van der Waals surface area contributed by atoms with Gasteiger partial charge in [0.1, 0.15) is 4.88 Å². The molecule has 0 aliphatic carbocycles. The van der Waals surface area contributed by atoms with Gasteiger partial charge in [0.15, 0.2) is 0 Å². The number of methoxy groups -OCH3 is 1. The molecule has 0 saturated heterocycles. The number of carboxylic acid groups (broad SMARTS) is 1. The molecule has 5 nitrogen and oxygen atoms in total. The predicted octanol–water partition coefficient (Wildman–Crippen LogP) is 1.04. The Morgan fingerprint density at radius 3 is 2.73 bits per heavy atom. The Bertz CT molecular complexity index is 370. The Kier molecular flexibility index (Phi) is 3.81. The van der Waals surface area contributed by atoms with Crippen LogP contribution in [-0.4, -0.2) is 29.3 Å². The van der Waals surface area contributed by atoms with Gasteiger partial charge in [0, 0.05) is 4.88 Å². The minimum atomic E-state index is -1.09. The summed E-state index contributed by atoms with van der Waals surface area (Å²) in [6.45, 7) is 0. The van der Waals surface area contributed by atoms with E-state index in [4.69, 9.17) is 5.11 Å². The highest BCUT2D eigenvalue weighted by atomic mass is 32.1. The summed E-state index contributed by atoms with van der Waals surface area (Å²) in [6.07, 6.45) is -1.45. The van der Waals surface area contributed by atoms with Crippen molar-refractivity contribution in [3.8, 4) is 0 Å². The highest BCUT2D eigenvalue weighted by Crippen LogP contribution is 2.25. The minimum absolute atomic E-state index is 0.344. The number of carboxylic acids is 1. The van der Waals surface area contributed by atoms with Gasteiger partial charge in [0.2, 0.25) is 0 Å². The number of hydrogen-bond acceptors (Lipinski definition) is 5.